The molecule has 1 aliphatic carbocycles. The molecule has 2 unspecified atom stereocenters. The second kappa shape index (κ2) is 8.49. The molecule has 3 amide bonds. The maximum absolute atomic E-state index is 11.9. The lowest BCUT2D eigenvalue weighted by Gasteiger charge is -2.19. The number of carbonyl (C=O) groups is 3. The van der Waals surface area contributed by atoms with Crippen molar-refractivity contribution in [3.05, 3.63) is 0 Å². The van der Waals surface area contributed by atoms with Gasteiger partial charge in [-0.2, -0.15) is 0 Å². The topological polar surface area (TPSA) is 122 Å². The second-order valence-corrected chi connectivity index (χ2v) is 5.82. The van der Waals surface area contributed by atoms with Crippen LogP contribution in [0, 0.1) is 5.92 Å². The lowest BCUT2D eigenvalue weighted by Crippen LogP contribution is -2.49. The summed E-state index contributed by atoms with van der Waals surface area (Å²) in [5.41, 5.74) is 4.99. The highest BCUT2D eigenvalue weighted by atomic mass is 16.4. The molecule has 5 N–H and O–H groups in total. The van der Waals surface area contributed by atoms with Crippen LogP contribution >= 0.6 is 0 Å². The molecule has 7 heteroatoms. The van der Waals surface area contributed by atoms with Gasteiger partial charge in [0.05, 0.1) is 0 Å². The standard InChI is InChI=1S/C14H25N3O4/c1-9-3-2-4-10(6-5-9)16-14(21)17-11(13(19)20)7-8-12(15)18/h9-11H,2-8H2,1H3,(H2,15,18)(H,19,20)(H2,16,17,21)/t9?,10?,11-/m0/s1. The first kappa shape index (κ1) is 17.3. The average Bonchev–Trinajstić information content (AvgIpc) is 2.59. The van der Waals surface area contributed by atoms with Gasteiger partial charge in [-0.05, 0) is 31.6 Å². The Hall–Kier alpha value is -1.79. The minimum absolute atomic E-state index is 0.000211. The van der Waals surface area contributed by atoms with Crippen molar-refractivity contribution in [3.8, 4) is 0 Å². The van der Waals surface area contributed by atoms with E-state index < -0.39 is 23.9 Å². The first-order chi connectivity index (χ1) is 9.88. The fraction of sp³-hybridized carbons (Fsp3) is 0.786. The Morgan fingerprint density at radius 1 is 1.24 bits per heavy atom. The van der Waals surface area contributed by atoms with E-state index >= 15 is 0 Å². The van der Waals surface area contributed by atoms with Crippen LogP contribution < -0.4 is 16.4 Å². The molecule has 3 atom stereocenters. The summed E-state index contributed by atoms with van der Waals surface area (Å²) in [5, 5.41) is 14.2. The molecule has 0 aromatic heterocycles. The van der Waals surface area contributed by atoms with E-state index in [1.165, 1.54) is 0 Å². The predicted octanol–water partition coefficient (Wildman–Crippen LogP) is 0.973. The highest BCUT2D eigenvalue weighted by Gasteiger charge is 2.23. The Kier molecular flexibility index (Phi) is 6.98. The smallest absolute Gasteiger partial charge is 0.326 e. The van der Waals surface area contributed by atoms with Crippen LogP contribution in [0.25, 0.3) is 0 Å². The van der Waals surface area contributed by atoms with Crippen molar-refractivity contribution in [2.75, 3.05) is 0 Å². The Morgan fingerprint density at radius 3 is 2.57 bits per heavy atom. The van der Waals surface area contributed by atoms with Crippen LogP contribution in [-0.4, -0.2) is 35.1 Å². The van der Waals surface area contributed by atoms with Gasteiger partial charge in [0.1, 0.15) is 6.04 Å². The van der Waals surface area contributed by atoms with Crippen molar-refractivity contribution in [3.63, 3.8) is 0 Å². The monoisotopic (exact) mass is 299 g/mol. The SMILES string of the molecule is CC1CCCC(NC(=O)N[C@@H](CCC(N)=O)C(=O)O)CC1. The molecule has 1 aliphatic rings. The van der Waals surface area contributed by atoms with Crippen molar-refractivity contribution >= 4 is 17.9 Å². The van der Waals surface area contributed by atoms with Crippen LogP contribution in [0.15, 0.2) is 0 Å². The van der Waals surface area contributed by atoms with Crippen LogP contribution in [0.4, 0.5) is 4.79 Å². The Labute approximate surface area is 124 Å². The molecular formula is C14H25N3O4. The van der Waals surface area contributed by atoms with Gasteiger partial charge in [-0.3, -0.25) is 4.79 Å². The van der Waals surface area contributed by atoms with Crippen molar-refractivity contribution in [2.24, 2.45) is 11.7 Å². The number of rotatable bonds is 6. The predicted molar refractivity (Wildman–Crippen MR) is 77.6 cm³/mol. The van der Waals surface area contributed by atoms with E-state index in [9.17, 15) is 14.4 Å². The fourth-order valence-electron chi connectivity index (χ4n) is 2.56. The third-order valence-corrected chi connectivity index (χ3v) is 3.88. The van der Waals surface area contributed by atoms with Crippen LogP contribution in [0.1, 0.15) is 51.9 Å². The molecular weight excluding hydrogens is 274 g/mol. The van der Waals surface area contributed by atoms with Gasteiger partial charge in [-0.25, -0.2) is 9.59 Å². The highest BCUT2D eigenvalue weighted by molar-refractivity contribution is 5.83. The van der Waals surface area contributed by atoms with Gasteiger partial charge in [0, 0.05) is 12.5 Å². The summed E-state index contributed by atoms with van der Waals surface area (Å²) in [5.74, 6) is -1.08. The van der Waals surface area contributed by atoms with Crippen LogP contribution in [0.5, 0.6) is 0 Å². The normalized spacial score (nSPS) is 23.7. The molecule has 21 heavy (non-hydrogen) atoms. The van der Waals surface area contributed by atoms with Crippen molar-refractivity contribution in [2.45, 2.75) is 64.0 Å². The minimum Gasteiger partial charge on any atom is -0.480 e. The molecule has 1 rings (SSSR count). The summed E-state index contributed by atoms with van der Waals surface area (Å²) >= 11 is 0. The molecule has 0 aromatic rings. The Balaban J connectivity index is 2.42. The number of carbonyl (C=O) groups excluding carboxylic acids is 2. The quantitative estimate of drug-likeness (QED) is 0.546. The molecule has 0 saturated heterocycles. The zero-order valence-corrected chi connectivity index (χ0v) is 12.4. The average molecular weight is 299 g/mol. The molecule has 1 fully saturated rings. The number of aliphatic carboxylic acids is 1. The number of hydrogen-bond acceptors (Lipinski definition) is 3. The minimum atomic E-state index is -1.17. The number of hydrogen-bond donors (Lipinski definition) is 4. The zero-order chi connectivity index (χ0) is 15.8. The van der Waals surface area contributed by atoms with E-state index in [4.69, 9.17) is 10.8 Å². The van der Waals surface area contributed by atoms with Crippen molar-refractivity contribution < 1.29 is 19.5 Å². The second-order valence-electron chi connectivity index (χ2n) is 5.82. The molecule has 0 aromatic carbocycles. The van der Waals surface area contributed by atoms with Gasteiger partial charge >= 0.3 is 12.0 Å². The zero-order valence-electron chi connectivity index (χ0n) is 12.4. The van der Waals surface area contributed by atoms with Crippen LogP contribution in [-0.2, 0) is 9.59 Å². The lowest BCUT2D eigenvalue weighted by molar-refractivity contribution is -0.139. The largest absolute Gasteiger partial charge is 0.480 e. The van der Waals surface area contributed by atoms with Crippen molar-refractivity contribution in [1.29, 1.82) is 0 Å². The number of nitrogens with one attached hydrogen (secondary N) is 2. The maximum atomic E-state index is 11.9. The number of nitrogens with two attached hydrogens (primary N) is 1. The molecule has 120 valence electrons. The Bertz CT molecular complexity index is 386. The van der Waals surface area contributed by atoms with Crippen LogP contribution in [0.2, 0.25) is 0 Å². The van der Waals surface area contributed by atoms with Crippen LogP contribution in [0.3, 0.4) is 0 Å². The Morgan fingerprint density at radius 2 is 1.95 bits per heavy atom. The molecule has 1 saturated carbocycles. The third-order valence-electron chi connectivity index (χ3n) is 3.88. The van der Waals surface area contributed by atoms with Gasteiger partial charge in [0.2, 0.25) is 5.91 Å². The highest BCUT2D eigenvalue weighted by Crippen LogP contribution is 2.22. The molecule has 0 radical (unpaired) electrons. The number of carboxylic acid groups (broad SMARTS) is 1. The molecule has 7 nitrogen and oxygen atoms in total. The van der Waals surface area contributed by atoms with Gasteiger partial charge in [0.25, 0.3) is 0 Å². The van der Waals surface area contributed by atoms with E-state index in [1.54, 1.807) is 0 Å². The number of primary amides is 1. The number of carboxylic acids is 1. The van der Waals surface area contributed by atoms with E-state index in [-0.39, 0.29) is 18.9 Å². The molecule has 0 bridgehead atoms. The first-order valence-corrected chi connectivity index (χ1v) is 7.46. The van der Waals surface area contributed by atoms with E-state index in [0.717, 1.165) is 32.1 Å². The first-order valence-electron chi connectivity index (χ1n) is 7.46. The lowest BCUT2D eigenvalue weighted by atomic mass is 10.0. The third kappa shape index (κ3) is 6.97. The fourth-order valence-corrected chi connectivity index (χ4v) is 2.56. The van der Waals surface area contributed by atoms with Gasteiger partial charge < -0.3 is 21.5 Å². The summed E-state index contributed by atoms with van der Waals surface area (Å²) in [6.07, 6.45) is 5.05. The van der Waals surface area contributed by atoms with E-state index in [2.05, 4.69) is 17.6 Å². The van der Waals surface area contributed by atoms with Gasteiger partial charge in [-0.15, -0.1) is 0 Å². The summed E-state index contributed by atoms with van der Waals surface area (Å²) in [6.45, 7) is 2.20. The van der Waals surface area contributed by atoms with Gasteiger partial charge in [-0.1, -0.05) is 19.8 Å². The van der Waals surface area contributed by atoms with E-state index in [1.807, 2.05) is 0 Å². The number of urea groups is 1. The number of amides is 3. The van der Waals surface area contributed by atoms with E-state index in [0.29, 0.717) is 5.92 Å². The molecule has 0 spiro atoms. The summed E-state index contributed by atoms with van der Waals surface area (Å²) in [6, 6.07) is -1.51. The summed E-state index contributed by atoms with van der Waals surface area (Å²) in [7, 11) is 0. The summed E-state index contributed by atoms with van der Waals surface area (Å²) < 4.78 is 0. The molecule has 0 heterocycles. The molecule has 0 aliphatic heterocycles. The summed E-state index contributed by atoms with van der Waals surface area (Å²) in [4.78, 5) is 33.6. The maximum Gasteiger partial charge on any atom is 0.326 e. The van der Waals surface area contributed by atoms with Gasteiger partial charge in [0.15, 0.2) is 0 Å². The van der Waals surface area contributed by atoms with Crippen molar-refractivity contribution in [1.82, 2.24) is 10.6 Å².